The van der Waals surface area contributed by atoms with E-state index in [2.05, 4.69) is 26.0 Å². The van der Waals surface area contributed by atoms with Crippen LogP contribution in [0.1, 0.15) is 94.1 Å². The standard InChI is InChI=1S/C27H44O3/c1-18(8-9-19(2)26(3,4)30)24-12-13-25-21(7-6-14-27(24,25)5)11-10-20-15-22(28)17-23(29)16-20/h8-11,18-19,22-25,28-30H,6-7,12-17H2,1-5H3/b9-8+,21-11+/t18-,19+,22-,23-,24-,25+,27-/m1/s1/i3D3,4D3. The van der Waals surface area contributed by atoms with Crippen molar-refractivity contribution in [3.8, 4) is 0 Å². The van der Waals surface area contributed by atoms with Crippen molar-refractivity contribution in [2.24, 2.45) is 29.1 Å². The highest BCUT2D eigenvalue weighted by Crippen LogP contribution is 2.59. The smallest absolute Gasteiger partial charge is 0.0651 e. The average molecular weight is 423 g/mol. The second kappa shape index (κ2) is 9.30. The predicted octanol–water partition coefficient (Wildman–Crippen LogP) is 5.56. The maximum atomic E-state index is 10.8. The van der Waals surface area contributed by atoms with Crippen LogP contribution in [0.2, 0.25) is 0 Å². The van der Waals surface area contributed by atoms with E-state index >= 15 is 0 Å². The van der Waals surface area contributed by atoms with Gasteiger partial charge in [-0.15, -0.1) is 0 Å². The van der Waals surface area contributed by atoms with Gasteiger partial charge in [0.05, 0.1) is 17.8 Å². The van der Waals surface area contributed by atoms with Crippen LogP contribution in [-0.4, -0.2) is 33.1 Å². The van der Waals surface area contributed by atoms with E-state index in [0.29, 0.717) is 31.1 Å². The van der Waals surface area contributed by atoms with Crippen LogP contribution in [0.15, 0.2) is 35.5 Å². The highest BCUT2D eigenvalue weighted by molar-refractivity contribution is 5.26. The molecular weight excluding hydrogens is 372 g/mol. The molecule has 0 aromatic carbocycles. The zero-order chi connectivity index (χ0) is 27.1. The third kappa shape index (κ3) is 5.29. The molecular formula is C27H44O3. The lowest BCUT2D eigenvalue weighted by atomic mass is 9.61. The van der Waals surface area contributed by atoms with Crippen LogP contribution in [0.25, 0.3) is 0 Å². The van der Waals surface area contributed by atoms with Crippen molar-refractivity contribution in [2.75, 3.05) is 0 Å². The molecule has 0 aromatic rings. The molecule has 3 rings (SSSR count). The number of rotatable bonds is 5. The van der Waals surface area contributed by atoms with Crippen LogP contribution in [-0.2, 0) is 0 Å². The minimum Gasteiger partial charge on any atom is -0.393 e. The van der Waals surface area contributed by atoms with Crippen LogP contribution in [0.5, 0.6) is 0 Å². The summed E-state index contributed by atoms with van der Waals surface area (Å²) >= 11 is 0. The second-order valence-electron chi connectivity index (χ2n) is 10.4. The average Bonchev–Trinajstić information content (AvgIpc) is 3.10. The third-order valence-electron chi connectivity index (χ3n) is 8.11. The largest absolute Gasteiger partial charge is 0.393 e. The van der Waals surface area contributed by atoms with Crippen LogP contribution < -0.4 is 0 Å². The quantitative estimate of drug-likeness (QED) is 0.508. The predicted molar refractivity (Wildman–Crippen MR) is 124 cm³/mol. The Morgan fingerprint density at radius 3 is 2.47 bits per heavy atom. The normalized spacial score (nSPS) is 42.5. The Morgan fingerprint density at radius 1 is 1.10 bits per heavy atom. The molecule has 0 heterocycles. The van der Waals surface area contributed by atoms with Gasteiger partial charge in [-0.3, -0.25) is 0 Å². The van der Waals surface area contributed by atoms with Crippen molar-refractivity contribution < 1.29 is 23.5 Å². The molecule has 0 amide bonds. The van der Waals surface area contributed by atoms with Gasteiger partial charge in [0, 0.05) is 14.1 Å². The van der Waals surface area contributed by atoms with E-state index in [1.165, 1.54) is 12.5 Å². The van der Waals surface area contributed by atoms with E-state index in [9.17, 15) is 15.3 Å². The van der Waals surface area contributed by atoms with Gasteiger partial charge in [0.15, 0.2) is 0 Å². The van der Waals surface area contributed by atoms with Gasteiger partial charge in [0.2, 0.25) is 0 Å². The Kier molecular flexibility index (Phi) is 5.18. The zero-order valence-corrected chi connectivity index (χ0v) is 18.8. The summed E-state index contributed by atoms with van der Waals surface area (Å²) in [5, 5.41) is 30.8. The van der Waals surface area contributed by atoms with E-state index in [1.54, 1.807) is 6.08 Å². The molecule has 3 nitrogen and oxygen atoms in total. The lowest BCUT2D eigenvalue weighted by Crippen LogP contribution is -2.35. The summed E-state index contributed by atoms with van der Waals surface area (Å²) < 4.78 is 46.1. The van der Waals surface area contributed by atoms with Crippen molar-refractivity contribution in [1.29, 1.82) is 0 Å². The van der Waals surface area contributed by atoms with E-state index in [4.69, 9.17) is 8.22 Å². The highest BCUT2D eigenvalue weighted by atomic mass is 16.3. The maximum absolute atomic E-state index is 10.8. The van der Waals surface area contributed by atoms with Crippen LogP contribution in [0.4, 0.5) is 0 Å². The number of hydrogen-bond donors (Lipinski definition) is 3. The number of aliphatic hydroxyl groups excluding tert-OH is 2. The molecule has 3 aliphatic rings. The number of allylic oxidation sites excluding steroid dienone is 4. The monoisotopic (exact) mass is 422 g/mol. The molecule has 3 heteroatoms. The summed E-state index contributed by atoms with van der Waals surface area (Å²) in [6, 6.07) is 0. The molecule has 0 bridgehead atoms. The molecule has 3 fully saturated rings. The molecule has 30 heavy (non-hydrogen) atoms. The minimum atomic E-state index is -3.03. The van der Waals surface area contributed by atoms with Gasteiger partial charge in [-0.2, -0.15) is 0 Å². The first-order valence-electron chi connectivity index (χ1n) is 14.7. The Labute approximate surface area is 192 Å². The summed E-state index contributed by atoms with van der Waals surface area (Å²) in [6.45, 7) is -0.140. The first kappa shape index (κ1) is 16.7. The van der Waals surface area contributed by atoms with Crippen molar-refractivity contribution >= 4 is 0 Å². The SMILES string of the molecule is [2H]C([2H])([2H])C(O)([C@@H](C)/C=C/[C@@H](C)[C@H]1CC[C@H]2/C(=C/C=C3C[C@@H](O)C[C@H](O)C3)CCC[C@]12C)C([2H])([2H])[2H]. The molecule has 0 spiro atoms. The zero-order valence-electron chi connectivity index (χ0n) is 24.8. The fourth-order valence-electron chi connectivity index (χ4n) is 6.29. The lowest BCUT2D eigenvalue weighted by molar-refractivity contribution is 0.0436. The van der Waals surface area contributed by atoms with Crippen LogP contribution >= 0.6 is 0 Å². The van der Waals surface area contributed by atoms with Crippen molar-refractivity contribution in [1.82, 2.24) is 0 Å². The van der Waals surface area contributed by atoms with Crippen LogP contribution in [0.3, 0.4) is 0 Å². The molecule has 170 valence electrons. The topological polar surface area (TPSA) is 60.7 Å². The first-order chi connectivity index (χ1) is 16.5. The summed E-state index contributed by atoms with van der Waals surface area (Å²) in [5.74, 6) is -0.128. The minimum absolute atomic E-state index is 0.0888. The Hall–Kier alpha value is -0.900. The molecule has 3 saturated carbocycles. The Balaban J connectivity index is 1.77. The molecule has 0 aliphatic heterocycles. The highest BCUT2D eigenvalue weighted by Gasteiger charge is 2.50. The van der Waals surface area contributed by atoms with Gasteiger partial charge in [0.1, 0.15) is 0 Å². The van der Waals surface area contributed by atoms with Gasteiger partial charge >= 0.3 is 0 Å². The molecule has 3 N–H and O–H groups in total. The fourth-order valence-corrected chi connectivity index (χ4v) is 6.29. The summed E-state index contributed by atoms with van der Waals surface area (Å²) in [6.07, 6.45) is 13.9. The number of hydrogen-bond acceptors (Lipinski definition) is 3. The van der Waals surface area contributed by atoms with Gasteiger partial charge in [0.25, 0.3) is 0 Å². The molecule has 7 atom stereocenters. The second-order valence-corrected chi connectivity index (χ2v) is 10.4. The van der Waals surface area contributed by atoms with Crippen molar-refractivity contribution in [3.63, 3.8) is 0 Å². The van der Waals surface area contributed by atoms with Gasteiger partial charge in [-0.25, -0.2) is 0 Å². The van der Waals surface area contributed by atoms with Gasteiger partial charge < -0.3 is 15.3 Å². The number of fused-ring (bicyclic) bond motifs is 1. The molecule has 0 radical (unpaired) electrons. The van der Waals surface area contributed by atoms with Crippen LogP contribution in [0, 0.1) is 29.1 Å². The van der Waals surface area contributed by atoms with Crippen molar-refractivity contribution in [2.45, 2.75) is 104 Å². The summed E-state index contributed by atoms with van der Waals surface area (Å²) in [7, 11) is 0. The van der Waals surface area contributed by atoms with E-state index in [1.807, 2.05) is 6.08 Å². The Bertz CT molecular complexity index is 848. The van der Waals surface area contributed by atoms with E-state index in [-0.39, 0.29) is 11.3 Å². The summed E-state index contributed by atoms with van der Waals surface area (Å²) in [5.41, 5.74) is -0.188. The van der Waals surface area contributed by atoms with Gasteiger partial charge in [-0.05, 0) is 88.2 Å². The Morgan fingerprint density at radius 2 is 1.80 bits per heavy atom. The molecule has 0 unspecified atom stereocenters. The maximum Gasteiger partial charge on any atom is 0.0651 e. The molecule has 0 aromatic heterocycles. The lowest BCUT2D eigenvalue weighted by Gasteiger charge is -2.44. The van der Waals surface area contributed by atoms with E-state index < -0.39 is 37.4 Å². The van der Waals surface area contributed by atoms with E-state index in [0.717, 1.165) is 37.7 Å². The van der Waals surface area contributed by atoms with Crippen molar-refractivity contribution in [3.05, 3.63) is 35.5 Å². The fraction of sp³-hybridized carbons (Fsp3) is 0.778. The summed E-state index contributed by atoms with van der Waals surface area (Å²) in [4.78, 5) is 0. The molecule has 3 aliphatic carbocycles. The first-order valence-corrected chi connectivity index (χ1v) is 11.7. The van der Waals surface area contributed by atoms with Gasteiger partial charge in [-0.1, -0.05) is 56.2 Å². The third-order valence-corrected chi connectivity index (χ3v) is 8.11. The number of aliphatic hydroxyl groups is 3. The molecule has 0 saturated heterocycles.